The van der Waals surface area contributed by atoms with Crippen LogP contribution in [0.2, 0.25) is 10.0 Å². The first-order valence-electron chi connectivity index (χ1n) is 5.74. The Morgan fingerprint density at radius 3 is 2.15 bits per heavy atom. The van der Waals surface area contributed by atoms with E-state index in [1.54, 1.807) is 6.92 Å². The molecule has 1 atom stereocenters. The Kier molecular flexibility index (Phi) is 4.45. The van der Waals surface area contributed by atoms with Crippen molar-refractivity contribution in [2.45, 2.75) is 13.0 Å². The third-order valence-corrected chi connectivity index (χ3v) is 3.39. The van der Waals surface area contributed by atoms with Crippen molar-refractivity contribution in [2.24, 2.45) is 0 Å². The molecule has 0 aliphatic heterocycles. The van der Waals surface area contributed by atoms with E-state index >= 15 is 0 Å². The number of nitrogens with one attached hydrogen (secondary N) is 1. The van der Waals surface area contributed by atoms with Crippen molar-refractivity contribution in [1.29, 1.82) is 0 Å². The summed E-state index contributed by atoms with van der Waals surface area (Å²) in [5.41, 5.74) is 0.396. The van der Waals surface area contributed by atoms with Crippen molar-refractivity contribution < 1.29 is 13.2 Å². The van der Waals surface area contributed by atoms with Gasteiger partial charge in [-0.15, -0.1) is 0 Å². The van der Waals surface area contributed by atoms with Gasteiger partial charge in [-0.05, 0) is 37.3 Å². The zero-order chi connectivity index (χ0) is 14.9. The highest BCUT2D eigenvalue weighted by molar-refractivity contribution is 6.39. The molecule has 0 saturated heterocycles. The lowest BCUT2D eigenvalue weighted by molar-refractivity contribution is 0.577. The predicted octanol–water partition coefficient (Wildman–Crippen LogP) is 5.58. The van der Waals surface area contributed by atoms with Gasteiger partial charge in [0.15, 0.2) is 0 Å². The van der Waals surface area contributed by atoms with Crippen molar-refractivity contribution in [3.05, 3.63) is 63.4 Å². The quantitative estimate of drug-likeness (QED) is 0.778. The van der Waals surface area contributed by atoms with Crippen molar-refractivity contribution in [3.63, 3.8) is 0 Å². The predicted molar refractivity (Wildman–Crippen MR) is 74.8 cm³/mol. The Hall–Kier alpha value is -1.39. The minimum Gasteiger partial charge on any atom is -0.376 e. The van der Waals surface area contributed by atoms with Crippen LogP contribution in [0.4, 0.5) is 18.9 Å². The van der Waals surface area contributed by atoms with Crippen LogP contribution in [0.3, 0.4) is 0 Å². The molecule has 0 radical (unpaired) electrons. The zero-order valence-corrected chi connectivity index (χ0v) is 11.9. The average Bonchev–Trinajstić information content (AvgIpc) is 2.36. The molecule has 2 rings (SSSR count). The van der Waals surface area contributed by atoms with Gasteiger partial charge in [0, 0.05) is 5.56 Å². The summed E-state index contributed by atoms with van der Waals surface area (Å²) in [6.07, 6.45) is 0. The van der Waals surface area contributed by atoms with E-state index < -0.39 is 23.5 Å². The van der Waals surface area contributed by atoms with Crippen LogP contribution in [-0.2, 0) is 0 Å². The van der Waals surface area contributed by atoms with Crippen molar-refractivity contribution >= 4 is 28.9 Å². The van der Waals surface area contributed by atoms with Gasteiger partial charge in [-0.1, -0.05) is 23.2 Å². The van der Waals surface area contributed by atoms with E-state index in [0.717, 1.165) is 30.3 Å². The molecule has 0 heterocycles. The molecule has 0 spiro atoms. The summed E-state index contributed by atoms with van der Waals surface area (Å²) in [4.78, 5) is 0. The molecular formula is C14H10Cl2F3N. The third-order valence-electron chi connectivity index (χ3n) is 2.79. The average molecular weight is 320 g/mol. The van der Waals surface area contributed by atoms with Crippen LogP contribution in [0.25, 0.3) is 0 Å². The molecule has 0 bridgehead atoms. The summed E-state index contributed by atoms with van der Waals surface area (Å²) >= 11 is 11.8. The molecule has 0 aliphatic carbocycles. The molecule has 1 nitrogen and oxygen atoms in total. The van der Waals surface area contributed by atoms with Gasteiger partial charge in [0.05, 0.1) is 21.8 Å². The molecule has 0 amide bonds. The molecule has 0 saturated carbocycles. The van der Waals surface area contributed by atoms with E-state index in [4.69, 9.17) is 23.2 Å². The normalized spacial score (nSPS) is 12.3. The summed E-state index contributed by atoms with van der Waals surface area (Å²) in [6, 6.07) is 4.74. The maximum atomic E-state index is 13.7. The summed E-state index contributed by atoms with van der Waals surface area (Å²) in [5, 5.41) is 2.99. The largest absolute Gasteiger partial charge is 0.376 e. The van der Waals surface area contributed by atoms with Gasteiger partial charge in [-0.25, -0.2) is 13.2 Å². The van der Waals surface area contributed by atoms with Gasteiger partial charge in [-0.3, -0.25) is 0 Å². The van der Waals surface area contributed by atoms with E-state index in [1.807, 2.05) is 0 Å². The fourth-order valence-electron chi connectivity index (χ4n) is 1.82. The fraction of sp³-hybridized carbons (Fsp3) is 0.143. The summed E-state index contributed by atoms with van der Waals surface area (Å²) in [5.74, 6) is -1.68. The van der Waals surface area contributed by atoms with E-state index in [0.29, 0.717) is 0 Å². The molecular weight excluding hydrogens is 310 g/mol. The number of benzene rings is 2. The maximum absolute atomic E-state index is 13.7. The second-order valence-electron chi connectivity index (χ2n) is 4.28. The van der Waals surface area contributed by atoms with E-state index in [9.17, 15) is 13.2 Å². The first kappa shape index (κ1) is 15.0. The number of rotatable bonds is 3. The lowest BCUT2D eigenvalue weighted by Crippen LogP contribution is -2.10. The first-order chi connectivity index (χ1) is 9.38. The Labute approximate surface area is 124 Å². The van der Waals surface area contributed by atoms with Gasteiger partial charge in [0.1, 0.15) is 17.5 Å². The van der Waals surface area contributed by atoms with Crippen molar-refractivity contribution in [3.8, 4) is 0 Å². The maximum Gasteiger partial charge on any atom is 0.128 e. The molecule has 0 aliphatic rings. The van der Waals surface area contributed by atoms with Crippen LogP contribution in [0.15, 0.2) is 30.3 Å². The number of anilines is 1. The monoisotopic (exact) mass is 319 g/mol. The number of hydrogen-bond acceptors (Lipinski definition) is 1. The highest BCUT2D eigenvalue weighted by atomic mass is 35.5. The molecule has 1 N–H and O–H groups in total. The molecule has 20 heavy (non-hydrogen) atoms. The number of hydrogen-bond donors (Lipinski definition) is 1. The third kappa shape index (κ3) is 3.19. The molecule has 106 valence electrons. The Morgan fingerprint density at radius 2 is 1.55 bits per heavy atom. The van der Waals surface area contributed by atoms with Crippen LogP contribution in [0, 0.1) is 17.5 Å². The van der Waals surface area contributed by atoms with Crippen LogP contribution in [0.5, 0.6) is 0 Å². The van der Waals surface area contributed by atoms with Crippen LogP contribution < -0.4 is 5.32 Å². The van der Waals surface area contributed by atoms with Crippen molar-refractivity contribution in [1.82, 2.24) is 0 Å². The van der Waals surface area contributed by atoms with E-state index in [2.05, 4.69) is 5.32 Å². The highest BCUT2D eigenvalue weighted by Crippen LogP contribution is 2.34. The summed E-state index contributed by atoms with van der Waals surface area (Å²) in [6.45, 7) is 1.62. The van der Waals surface area contributed by atoms with Crippen LogP contribution in [-0.4, -0.2) is 0 Å². The number of halogens is 5. The van der Waals surface area contributed by atoms with Crippen LogP contribution in [0.1, 0.15) is 18.5 Å². The molecule has 6 heteroatoms. The first-order valence-corrected chi connectivity index (χ1v) is 6.50. The van der Waals surface area contributed by atoms with Gasteiger partial charge in [-0.2, -0.15) is 0 Å². The zero-order valence-electron chi connectivity index (χ0n) is 10.4. The molecule has 2 aromatic rings. The molecule has 1 unspecified atom stereocenters. The lowest BCUT2D eigenvalue weighted by Gasteiger charge is -2.18. The second kappa shape index (κ2) is 5.94. The fourth-order valence-corrected chi connectivity index (χ4v) is 2.39. The summed E-state index contributed by atoms with van der Waals surface area (Å²) < 4.78 is 39.9. The van der Waals surface area contributed by atoms with E-state index in [-0.39, 0.29) is 21.3 Å². The minimum atomic E-state index is -0.592. The SMILES string of the molecule is CC(Nc1c(Cl)cc(F)cc1Cl)c1cc(F)ccc1F. The Morgan fingerprint density at radius 1 is 0.950 bits per heavy atom. The van der Waals surface area contributed by atoms with Gasteiger partial charge in [0.2, 0.25) is 0 Å². The smallest absolute Gasteiger partial charge is 0.128 e. The van der Waals surface area contributed by atoms with Gasteiger partial charge < -0.3 is 5.32 Å². The van der Waals surface area contributed by atoms with Crippen molar-refractivity contribution in [2.75, 3.05) is 5.32 Å². The van der Waals surface area contributed by atoms with Gasteiger partial charge >= 0.3 is 0 Å². The standard InChI is InChI=1S/C14H10Cl2F3N/c1-7(10-4-8(17)2-3-13(10)19)20-14-11(15)5-9(18)6-12(14)16/h2-7,20H,1H3. The van der Waals surface area contributed by atoms with E-state index in [1.165, 1.54) is 0 Å². The second-order valence-corrected chi connectivity index (χ2v) is 5.09. The molecule has 0 fully saturated rings. The topological polar surface area (TPSA) is 12.0 Å². The molecule has 2 aromatic carbocycles. The Bertz CT molecular complexity index is 623. The van der Waals surface area contributed by atoms with Crippen LogP contribution >= 0.6 is 23.2 Å². The molecule has 0 aromatic heterocycles. The minimum absolute atomic E-state index is 0.0682. The Balaban J connectivity index is 2.32. The summed E-state index contributed by atoms with van der Waals surface area (Å²) in [7, 11) is 0. The van der Waals surface area contributed by atoms with Gasteiger partial charge in [0.25, 0.3) is 0 Å². The highest BCUT2D eigenvalue weighted by Gasteiger charge is 2.16. The lowest BCUT2D eigenvalue weighted by atomic mass is 10.1.